The molecule has 0 bridgehead atoms. The maximum absolute atomic E-state index is 12.2. The fourth-order valence-electron chi connectivity index (χ4n) is 1.80. The highest BCUT2D eigenvalue weighted by molar-refractivity contribution is 5.76. The zero-order valence-corrected chi connectivity index (χ0v) is 12.3. The van der Waals surface area contributed by atoms with Gasteiger partial charge in [-0.3, -0.25) is 4.79 Å². The molecule has 0 fully saturated rings. The number of amides is 1. The maximum Gasteiger partial charge on any atom is 0.573 e. The molecule has 0 aliphatic carbocycles. The summed E-state index contributed by atoms with van der Waals surface area (Å²) in [4.78, 5) is 11.7. The molecule has 1 aromatic rings. The Morgan fingerprint density at radius 3 is 2.52 bits per heavy atom. The van der Waals surface area contributed by atoms with Crippen molar-refractivity contribution >= 4 is 5.91 Å². The lowest BCUT2D eigenvalue weighted by molar-refractivity contribution is -0.274. The summed E-state index contributed by atoms with van der Waals surface area (Å²) in [5.41, 5.74) is 0.564. The van der Waals surface area contributed by atoms with E-state index in [-0.39, 0.29) is 17.7 Å². The average molecular weight is 303 g/mol. The molecular weight excluding hydrogens is 283 g/mol. The third kappa shape index (κ3) is 7.02. The molecule has 6 heteroatoms. The second kappa shape index (κ2) is 7.33. The Bertz CT molecular complexity index is 472. The van der Waals surface area contributed by atoms with Crippen molar-refractivity contribution in [2.75, 3.05) is 0 Å². The molecular formula is C15H20F3NO2. The minimum atomic E-state index is -4.72. The number of rotatable bonds is 6. The highest BCUT2D eigenvalue weighted by Crippen LogP contribution is 2.25. The molecule has 21 heavy (non-hydrogen) atoms. The monoisotopic (exact) mass is 303 g/mol. The number of alkyl halides is 3. The van der Waals surface area contributed by atoms with E-state index >= 15 is 0 Å². The van der Waals surface area contributed by atoms with E-state index in [2.05, 4.69) is 10.1 Å². The third-order valence-corrected chi connectivity index (χ3v) is 2.92. The summed E-state index contributed by atoms with van der Waals surface area (Å²) in [6, 6.07) is 5.25. The van der Waals surface area contributed by atoms with Crippen LogP contribution in [0.5, 0.6) is 5.75 Å². The lowest BCUT2D eigenvalue weighted by Crippen LogP contribution is -2.26. The summed E-state index contributed by atoms with van der Waals surface area (Å²) in [5, 5.41) is 2.77. The standard InChI is InChI=1S/C15H20F3NO2/c1-10(2)7-8-14(20)19-11(3)12-5-4-6-13(9-12)21-15(16,17)18/h4-6,9-11H,7-8H2,1-3H3,(H,19,20). The number of carbonyl (C=O) groups excluding carboxylic acids is 1. The number of halogens is 3. The predicted octanol–water partition coefficient (Wildman–Crippen LogP) is 4.20. The molecule has 1 amide bonds. The van der Waals surface area contributed by atoms with Gasteiger partial charge in [-0.25, -0.2) is 0 Å². The van der Waals surface area contributed by atoms with E-state index < -0.39 is 6.36 Å². The molecule has 0 aliphatic heterocycles. The van der Waals surface area contributed by atoms with Crippen LogP contribution in [0.2, 0.25) is 0 Å². The van der Waals surface area contributed by atoms with Crippen molar-refractivity contribution in [1.82, 2.24) is 5.32 Å². The molecule has 1 atom stereocenters. The Kier molecular flexibility index (Phi) is 6.05. The number of carbonyl (C=O) groups is 1. The molecule has 0 radical (unpaired) electrons. The van der Waals surface area contributed by atoms with E-state index in [1.807, 2.05) is 13.8 Å². The van der Waals surface area contributed by atoms with Crippen LogP contribution in [0.4, 0.5) is 13.2 Å². The van der Waals surface area contributed by atoms with Gasteiger partial charge in [-0.15, -0.1) is 13.2 Å². The first kappa shape index (κ1) is 17.3. The van der Waals surface area contributed by atoms with Gasteiger partial charge in [-0.05, 0) is 37.0 Å². The van der Waals surface area contributed by atoms with Crippen LogP contribution >= 0.6 is 0 Å². The van der Waals surface area contributed by atoms with Gasteiger partial charge in [-0.2, -0.15) is 0 Å². The quantitative estimate of drug-likeness (QED) is 0.855. The molecule has 0 heterocycles. The maximum atomic E-state index is 12.2. The van der Waals surface area contributed by atoms with E-state index in [9.17, 15) is 18.0 Å². The highest BCUT2D eigenvalue weighted by Gasteiger charge is 2.31. The number of ether oxygens (including phenoxy) is 1. The second-order valence-electron chi connectivity index (χ2n) is 5.34. The topological polar surface area (TPSA) is 38.3 Å². The smallest absolute Gasteiger partial charge is 0.406 e. The van der Waals surface area contributed by atoms with Gasteiger partial charge in [0.05, 0.1) is 6.04 Å². The van der Waals surface area contributed by atoms with Gasteiger partial charge in [-0.1, -0.05) is 26.0 Å². The highest BCUT2D eigenvalue weighted by atomic mass is 19.4. The number of hydrogen-bond donors (Lipinski definition) is 1. The molecule has 0 saturated carbocycles. The van der Waals surface area contributed by atoms with Crippen LogP contribution in [0.25, 0.3) is 0 Å². The van der Waals surface area contributed by atoms with Crippen LogP contribution < -0.4 is 10.1 Å². The number of benzene rings is 1. The molecule has 1 N–H and O–H groups in total. The van der Waals surface area contributed by atoms with Crippen molar-refractivity contribution < 1.29 is 22.7 Å². The van der Waals surface area contributed by atoms with Crippen molar-refractivity contribution in [3.8, 4) is 5.75 Å². The van der Waals surface area contributed by atoms with E-state index in [1.54, 1.807) is 13.0 Å². The van der Waals surface area contributed by atoms with Crippen LogP contribution in [0.3, 0.4) is 0 Å². The predicted molar refractivity (Wildman–Crippen MR) is 73.8 cm³/mol. The second-order valence-corrected chi connectivity index (χ2v) is 5.34. The Balaban J connectivity index is 2.63. The summed E-state index contributed by atoms with van der Waals surface area (Å²) in [6.45, 7) is 5.77. The first-order chi connectivity index (χ1) is 9.67. The van der Waals surface area contributed by atoms with Crippen LogP contribution in [-0.4, -0.2) is 12.3 Å². The average Bonchev–Trinajstić information content (AvgIpc) is 2.34. The van der Waals surface area contributed by atoms with E-state index in [0.717, 1.165) is 6.42 Å². The van der Waals surface area contributed by atoms with Gasteiger partial charge in [0.15, 0.2) is 0 Å². The van der Waals surface area contributed by atoms with Crippen LogP contribution in [0, 0.1) is 5.92 Å². The molecule has 1 rings (SSSR count). The Labute approximate surface area is 122 Å². The molecule has 0 saturated heterocycles. The normalized spacial score (nSPS) is 13.1. The van der Waals surface area contributed by atoms with Gasteiger partial charge in [0.2, 0.25) is 5.91 Å². The minimum Gasteiger partial charge on any atom is -0.406 e. The zero-order chi connectivity index (χ0) is 16.0. The van der Waals surface area contributed by atoms with Crippen molar-refractivity contribution in [1.29, 1.82) is 0 Å². The zero-order valence-electron chi connectivity index (χ0n) is 12.3. The van der Waals surface area contributed by atoms with Crippen molar-refractivity contribution in [3.05, 3.63) is 29.8 Å². The van der Waals surface area contributed by atoms with Crippen LogP contribution in [0.15, 0.2) is 24.3 Å². The summed E-state index contributed by atoms with van der Waals surface area (Å²) in [7, 11) is 0. The van der Waals surface area contributed by atoms with E-state index in [0.29, 0.717) is 17.9 Å². The molecule has 3 nitrogen and oxygen atoms in total. The van der Waals surface area contributed by atoms with Gasteiger partial charge in [0, 0.05) is 6.42 Å². The number of hydrogen-bond acceptors (Lipinski definition) is 2. The first-order valence-corrected chi connectivity index (χ1v) is 6.82. The third-order valence-electron chi connectivity index (χ3n) is 2.92. The molecule has 0 aromatic heterocycles. The van der Waals surface area contributed by atoms with Gasteiger partial charge in [0.25, 0.3) is 0 Å². The van der Waals surface area contributed by atoms with Crippen LogP contribution in [0.1, 0.15) is 45.2 Å². The summed E-state index contributed by atoms with van der Waals surface area (Å²) in [5.74, 6) is 0.0243. The SMILES string of the molecule is CC(C)CCC(=O)NC(C)c1cccc(OC(F)(F)F)c1. The molecule has 0 spiro atoms. The van der Waals surface area contributed by atoms with E-state index in [1.165, 1.54) is 18.2 Å². The fourth-order valence-corrected chi connectivity index (χ4v) is 1.80. The summed E-state index contributed by atoms with van der Waals surface area (Å²) >= 11 is 0. The Morgan fingerprint density at radius 2 is 1.95 bits per heavy atom. The van der Waals surface area contributed by atoms with Gasteiger partial charge >= 0.3 is 6.36 Å². The summed E-state index contributed by atoms with van der Waals surface area (Å²) in [6.07, 6.45) is -3.54. The molecule has 1 aromatic carbocycles. The summed E-state index contributed by atoms with van der Waals surface area (Å²) < 4.78 is 40.4. The van der Waals surface area contributed by atoms with E-state index in [4.69, 9.17) is 0 Å². The minimum absolute atomic E-state index is 0.113. The van der Waals surface area contributed by atoms with Gasteiger partial charge in [0.1, 0.15) is 5.75 Å². The first-order valence-electron chi connectivity index (χ1n) is 6.82. The number of nitrogens with one attached hydrogen (secondary N) is 1. The largest absolute Gasteiger partial charge is 0.573 e. The Hall–Kier alpha value is -1.72. The molecule has 0 aliphatic rings. The Morgan fingerprint density at radius 1 is 1.29 bits per heavy atom. The van der Waals surface area contributed by atoms with Crippen molar-refractivity contribution in [2.24, 2.45) is 5.92 Å². The van der Waals surface area contributed by atoms with Crippen LogP contribution in [-0.2, 0) is 4.79 Å². The van der Waals surface area contributed by atoms with Crippen molar-refractivity contribution in [3.63, 3.8) is 0 Å². The molecule has 118 valence electrons. The lowest BCUT2D eigenvalue weighted by atomic mass is 10.1. The lowest BCUT2D eigenvalue weighted by Gasteiger charge is -2.16. The fraction of sp³-hybridized carbons (Fsp3) is 0.533. The molecule has 1 unspecified atom stereocenters. The van der Waals surface area contributed by atoms with Crippen molar-refractivity contribution in [2.45, 2.75) is 46.0 Å². The van der Waals surface area contributed by atoms with Gasteiger partial charge < -0.3 is 10.1 Å².